The first-order valence-electron chi connectivity index (χ1n) is 12.1. The van der Waals surface area contributed by atoms with Crippen LogP contribution < -0.4 is 4.74 Å². The summed E-state index contributed by atoms with van der Waals surface area (Å²) in [6.45, 7) is 6.68. The zero-order valence-corrected chi connectivity index (χ0v) is 21.6. The monoisotopic (exact) mass is 514 g/mol. The first-order chi connectivity index (χ1) is 17.4. The van der Waals surface area contributed by atoms with Crippen molar-refractivity contribution >= 4 is 5.97 Å². The van der Waals surface area contributed by atoms with Gasteiger partial charge in [0.15, 0.2) is 0 Å². The Balaban J connectivity index is 1.59. The van der Waals surface area contributed by atoms with Gasteiger partial charge in [-0.3, -0.25) is 4.79 Å². The van der Waals surface area contributed by atoms with Crippen molar-refractivity contribution in [2.24, 2.45) is 0 Å². The summed E-state index contributed by atoms with van der Waals surface area (Å²) in [5, 5.41) is 0. The molecule has 0 aliphatic carbocycles. The Morgan fingerprint density at radius 2 is 1.51 bits per heavy atom. The van der Waals surface area contributed by atoms with Gasteiger partial charge >= 0.3 is 12.1 Å². The predicted octanol–water partition coefficient (Wildman–Crippen LogP) is 7.34. The molecule has 0 spiro atoms. The van der Waals surface area contributed by atoms with E-state index in [0.717, 1.165) is 34.4 Å². The summed E-state index contributed by atoms with van der Waals surface area (Å²) in [6, 6.07) is 20.3. The molecule has 37 heavy (non-hydrogen) atoms. The number of rotatable bonds is 10. The second kappa shape index (κ2) is 12.3. The van der Waals surface area contributed by atoms with E-state index in [4.69, 9.17) is 14.2 Å². The summed E-state index contributed by atoms with van der Waals surface area (Å²) in [5.74, 6) is -0.0780. The van der Waals surface area contributed by atoms with Crippen molar-refractivity contribution in [1.29, 1.82) is 0 Å². The first kappa shape index (κ1) is 28.3. The molecule has 0 aliphatic heterocycles. The maximum atomic E-state index is 12.8. The zero-order valence-electron chi connectivity index (χ0n) is 21.6. The van der Waals surface area contributed by atoms with E-state index in [1.807, 2.05) is 69.3 Å². The van der Waals surface area contributed by atoms with Gasteiger partial charge in [0.2, 0.25) is 0 Å². The summed E-state index contributed by atoms with van der Waals surface area (Å²) >= 11 is 0. The van der Waals surface area contributed by atoms with Crippen molar-refractivity contribution in [2.75, 3.05) is 13.7 Å². The van der Waals surface area contributed by atoms with Crippen LogP contribution in [0.15, 0.2) is 72.8 Å². The molecule has 0 saturated heterocycles. The molecule has 0 radical (unpaired) electrons. The minimum atomic E-state index is -4.34. The molecule has 0 heterocycles. The second-order valence-electron chi connectivity index (χ2n) is 9.87. The number of benzene rings is 3. The number of carbonyl (C=O) groups is 1. The van der Waals surface area contributed by atoms with Crippen molar-refractivity contribution in [3.8, 4) is 5.75 Å². The molecule has 0 bridgehead atoms. The SMILES string of the molecule is COC(=O)C(CCOC(C)(C)C)c1ccc(OCc2cccc(Cc3ccc(C(F)(F)F)cc3)c2)cc1. The number of carbonyl (C=O) groups excluding carboxylic acids is 1. The number of alkyl halides is 3. The first-order valence-corrected chi connectivity index (χ1v) is 12.1. The maximum absolute atomic E-state index is 12.8. The average molecular weight is 515 g/mol. The number of hydrogen-bond acceptors (Lipinski definition) is 4. The van der Waals surface area contributed by atoms with E-state index in [2.05, 4.69) is 0 Å². The van der Waals surface area contributed by atoms with Crippen LogP contribution in [0.5, 0.6) is 5.75 Å². The molecule has 0 aromatic heterocycles. The van der Waals surface area contributed by atoms with Gasteiger partial charge in [-0.25, -0.2) is 0 Å². The number of halogens is 3. The summed E-state index contributed by atoms with van der Waals surface area (Å²) in [6.07, 6.45) is -3.31. The Bertz CT molecular complexity index is 1150. The van der Waals surface area contributed by atoms with Crippen molar-refractivity contribution in [3.05, 3.63) is 101 Å². The molecule has 7 heteroatoms. The van der Waals surface area contributed by atoms with Crippen LogP contribution in [0.3, 0.4) is 0 Å². The zero-order chi connectivity index (χ0) is 27.1. The highest BCUT2D eigenvalue weighted by Gasteiger charge is 2.30. The van der Waals surface area contributed by atoms with E-state index >= 15 is 0 Å². The van der Waals surface area contributed by atoms with Crippen molar-refractivity contribution < 1.29 is 32.2 Å². The van der Waals surface area contributed by atoms with Crippen molar-refractivity contribution in [2.45, 2.75) is 57.9 Å². The molecule has 0 fully saturated rings. The fourth-order valence-electron chi connectivity index (χ4n) is 3.89. The third-order valence-electron chi connectivity index (χ3n) is 5.80. The Kier molecular flexibility index (Phi) is 9.38. The highest BCUT2D eigenvalue weighted by atomic mass is 19.4. The Hall–Kier alpha value is -3.32. The molecule has 4 nitrogen and oxygen atoms in total. The Labute approximate surface area is 216 Å². The van der Waals surface area contributed by atoms with Crippen molar-refractivity contribution in [1.82, 2.24) is 0 Å². The molecule has 0 aliphatic rings. The van der Waals surface area contributed by atoms with Crippen LogP contribution in [0, 0.1) is 0 Å². The second-order valence-corrected chi connectivity index (χ2v) is 9.87. The van der Waals surface area contributed by atoms with E-state index in [0.29, 0.717) is 31.8 Å². The Morgan fingerprint density at radius 1 is 0.865 bits per heavy atom. The highest BCUT2D eigenvalue weighted by molar-refractivity contribution is 5.78. The highest BCUT2D eigenvalue weighted by Crippen LogP contribution is 2.29. The van der Waals surface area contributed by atoms with E-state index in [-0.39, 0.29) is 11.6 Å². The van der Waals surface area contributed by atoms with Gasteiger partial charge in [0, 0.05) is 6.61 Å². The lowest BCUT2D eigenvalue weighted by molar-refractivity contribution is -0.143. The smallest absolute Gasteiger partial charge is 0.416 e. The number of hydrogen-bond donors (Lipinski definition) is 0. The average Bonchev–Trinajstić information content (AvgIpc) is 2.85. The molecule has 3 rings (SSSR count). The fraction of sp³-hybridized carbons (Fsp3) is 0.367. The van der Waals surface area contributed by atoms with Gasteiger partial charge in [-0.15, -0.1) is 0 Å². The van der Waals surface area contributed by atoms with Gasteiger partial charge in [-0.05, 0) is 80.1 Å². The summed E-state index contributed by atoms with van der Waals surface area (Å²) in [5.41, 5.74) is 2.62. The third kappa shape index (κ3) is 8.93. The molecule has 3 aromatic carbocycles. The lowest BCUT2D eigenvalue weighted by Crippen LogP contribution is -2.23. The van der Waals surface area contributed by atoms with E-state index in [9.17, 15) is 18.0 Å². The van der Waals surface area contributed by atoms with Crippen LogP contribution in [0.25, 0.3) is 0 Å². The van der Waals surface area contributed by atoms with E-state index < -0.39 is 17.7 Å². The molecule has 0 N–H and O–H groups in total. The Morgan fingerprint density at radius 3 is 2.11 bits per heavy atom. The maximum Gasteiger partial charge on any atom is 0.416 e. The van der Waals surface area contributed by atoms with Crippen LogP contribution in [0.4, 0.5) is 13.2 Å². The van der Waals surface area contributed by atoms with Crippen LogP contribution in [0.1, 0.15) is 60.9 Å². The minimum absolute atomic E-state index is 0.284. The van der Waals surface area contributed by atoms with E-state index in [1.165, 1.54) is 19.2 Å². The van der Waals surface area contributed by atoms with Gasteiger partial charge in [-0.2, -0.15) is 13.2 Å². The minimum Gasteiger partial charge on any atom is -0.489 e. The largest absolute Gasteiger partial charge is 0.489 e. The number of ether oxygens (including phenoxy) is 3. The quantitative estimate of drug-likeness (QED) is 0.266. The van der Waals surface area contributed by atoms with Crippen molar-refractivity contribution in [3.63, 3.8) is 0 Å². The predicted molar refractivity (Wildman–Crippen MR) is 137 cm³/mol. The lowest BCUT2D eigenvalue weighted by Gasteiger charge is -2.22. The molecule has 1 atom stereocenters. The number of esters is 1. The van der Waals surface area contributed by atoms with Crippen LogP contribution in [-0.4, -0.2) is 25.3 Å². The van der Waals surface area contributed by atoms with Gasteiger partial charge in [0.05, 0.1) is 24.2 Å². The molecule has 0 amide bonds. The van der Waals surface area contributed by atoms with Crippen LogP contribution in [-0.2, 0) is 33.5 Å². The topological polar surface area (TPSA) is 44.8 Å². The molecule has 0 saturated carbocycles. The van der Waals surface area contributed by atoms with Gasteiger partial charge < -0.3 is 14.2 Å². The van der Waals surface area contributed by atoms with Gasteiger partial charge in [0.1, 0.15) is 12.4 Å². The fourth-order valence-corrected chi connectivity index (χ4v) is 3.89. The normalized spacial score (nSPS) is 12.7. The lowest BCUT2D eigenvalue weighted by atomic mass is 9.96. The molecular weight excluding hydrogens is 481 g/mol. The van der Waals surface area contributed by atoms with Gasteiger partial charge in [0.25, 0.3) is 0 Å². The summed E-state index contributed by atoms with van der Waals surface area (Å²) < 4.78 is 55.0. The molecule has 3 aromatic rings. The molecular formula is C30H33F3O4. The van der Waals surface area contributed by atoms with Crippen LogP contribution in [0.2, 0.25) is 0 Å². The third-order valence-corrected chi connectivity index (χ3v) is 5.80. The van der Waals surface area contributed by atoms with Crippen LogP contribution >= 0.6 is 0 Å². The van der Waals surface area contributed by atoms with E-state index in [1.54, 1.807) is 0 Å². The summed E-state index contributed by atoms with van der Waals surface area (Å²) in [7, 11) is 1.38. The molecule has 198 valence electrons. The standard InChI is InChI=1S/C30H33F3O4/c1-29(2,3)37-17-16-27(28(34)35-4)24-10-14-26(15-11-24)36-20-23-7-5-6-22(19-23)18-21-8-12-25(13-9-21)30(31,32)33/h5-15,19,27H,16-18,20H2,1-4H3. The molecule has 1 unspecified atom stereocenters. The number of methoxy groups -OCH3 is 1. The van der Waals surface area contributed by atoms with Gasteiger partial charge in [-0.1, -0.05) is 48.5 Å². The summed E-state index contributed by atoms with van der Waals surface area (Å²) in [4.78, 5) is 12.3.